The molecule has 0 atom stereocenters. The van der Waals surface area contributed by atoms with Gasteiger partial charge in [-0.1, -0.05) is 34.6 Å². The van der Waals surface area contributed by atoms with Gasteiger partial charge in [-0.25, -0.2) is 9.67 Å². The molecule has 0 aromatic carbocycles. The van der Waals surface area contributed by atoms with Crippen molar-refractivity contribution in [3.8, 4) is 0 Å². The molecule has 3 aromatic heterocycles. The molecular formula is C22H30N6O2S. The van der Waals surface area contributed by atoms with Crippen LogP contribution in [0.3, 0.4) is 0 Å². The molecule has 0 radical (unpaired) electrons. The molecular weight excluding hydrogens is 412 g/mol. The van der Waals surface area contributed by atoms with E-state index in [1.807, 2.05) is 19.9 Å². The lowest BCUT2D eigenvalue weighted by Crippen LogP contribution is -2.31. The van der Waals surface area contributed by atoms with Crippen LogP contribution in [-0.2, 0) is 11.3 Å². The molecule has 4 rings (SSSR count). The van der Waals surface area contributed by atoms with Crippen molar-refractivity contribution in [3.63, 3.8) is 0 Å². The smallest absolute Gasteiger partial charge is 0.276 e. The van der Waals surface area contributed by atoms with Crippen LogP contribution >= 0.6 is 11.5 Å². The first-order chi connectivity index (χ1) is 14.7. The number of rotatable bonds is 5. The van der Waals surface area contributed by atoms with Gasteiger partial charge in [0.25, 0.3) is 5.56 Å². The second-order valence-corrected chi connectivity index (χ2v) is 9.80. The van der Waals surface area contributed by atoms with Crippen LogP contribution in [0.4, 0.5) is 5.95 Å². The van der Waals surface area contributed by atoms with Crippen LogP contribution < -0.4 is 10.9 Å². The zero-order chi connectivity index (χ0) is 22.7. The summed E-state index contributed by atoms with van der Waals surface area (Å²) in [6.45, 7) is 12.2. The predicted octanol–water partition coefficient (Wildman–Crippen LogP) is 4.25. The van der Waals surface area contributed by atoms with Crippen molar-refractivity contribution in [2.24, 2.45) is 5.92 Å². The molecule has 31 heavy (non-hydrogen) atoms. The van der Waals surface area contributed by atoms with Crippen LogP contribution in [0.5, 0.6) is 0 Å². The number of fused-ring (bicyclic) bond motifs is 1. The first kappa shape index (κ1) is 23.0. The monoisotopic (exact) mass is 442 g/mol. The number of pyridine rings is 1. The summed E-state index contributed by atoms with van der Waals surface area (Å²) in [5, 5.41) is 9.17. The van der Waals surface area contributed by atoms with E-state index in [9.17, 15) is 9.59 Å². The number of carbonyl (C=O) groups excluding carboxylic acids is 1. The molecule has 1 amide bonds. The molecule has 1 N–H and O–H groups in total. The van der Waals surface area contributed by atoms with Crippen molar-refractivity contribution < 1.29 is 4.79 Å². The van der Waals surface area contributed by atoms with Gasteiger partial charge in [-0.15, -0.1) is 0 Å². The molecule has 9 heteroatoms. The number of hydrogen-bond acceptors (Lipinski definition) is 7. The van der Waals surface area contributed by atoms with Gasteiger partial charge in [-0.05, 0) is 49.2 Å². The van der Waals surface area contributed by atoms with Gasteiger partial charge in [0.2, 0.25) is 11.9 Å². The lowest BCUT2D eigenvalue weighted by molar-refractivity contribution is -0.117. The number of anilines is 1. The van der Waals surface area contributed by atoms with Crippen molar-refractivity contribution in [2.45, 2.75) is 72.8 Å². The fourth-order valence-corrected chi connectivity index (χ4v) is 3.44. The molecule has 8 nitrogen and oxygen atoms in total. The maximum absolute atomic E-state index is 12.8. The van der Waals surface area contributed by atoms with E-state index in [0.29, 0.717) is 11.3 Å². The van der Waals surface area contributed by atoms with E-state index in [2.05, 4.69) is 45.5 Å². The Morgan fingerprint density at radius 2 is 1.90 bits per heavy atom. The summed E-state index contributed by atoms with van der Waals surface area (Å²) < 4.78 is 5.23. The zero-order valence-electron chi connectivity index (χ0n) is 19.0. The zero-order valence-corrected chi connectivity index (χ0v) is 19.8. The molecule has 1 fully saturated rings. The van der Waals surface area contributed by atoms with E-state index < -0.39 is 0 Å². The minimum absolute atomic E-state index is 0.111. The molecule has 0 aliphatic heterocycles. The highest BCUT2D eigenvalue weighted by molar-refractivity contribution is 7.05. The first-order valence-corrected chi connectivity index (χ1v) is 11.4. The molecule has 166 valence electrons. The molecule has 0 spiro atoms. The maximum Gasteiger partial charge on any atom is 0.276 e. The van der Waals surface area contributed by atoms with E-state index in [4.69, 9.17) is 0 Å². The molecule has 0 bridgehead atoms. The van der Waals surface area contributed by atoms with Crippen LogP contribution in [0.1, 0.15) is 75.7 Å². The summed E-state index contributed by atoms with van der Waals surface area (Å²) in [5.41, 5.74) is 1.50. The Morgan fingerprint density at radius 1 is 1.23 bits per heavy atom. The van der Waals surface area contributed by atoms with Crippen LogP contribution in [0.2, 0.25) is 0 Å². The lowest BCUT2D eigenvalue weighted by atomic mass is 10.0. The van der Waals surface area contributed by atoms with Gasteiger partial charge in [0, 0.05) is 23.2 Å². The van der Waals surface area contributed by atoms with Crippen molar-refractivity contribution in [2.75, 3.05) is 5.32 Å². The highest BCUT2D eigenvalue weighted by atomic mass is 32.1. The van der Waals surface area contributed by atoms with E-state index >= 15 is 0 Å². The third kappa shape index (κ3) is 5.94. The van der Waals surface area contributed by atoms with Crippen LogP contribution in [0.15, 0.2) is 17.1 Å². The average molecular weight is 443 g/mol. The van der Waals surface area contributed by atoms with E-state index in [1.165, 1.54) is 16.2 Å². The van der Waals surface area contributed by atoms with Crippen molar-refractivity contribution in [3.05, 3.63) is 39.0 Å². The molecule has 1 saturated carbocycles. The van der Waals surface area contributed by atoms with Gasteiger partial charge in [0.15, 0.2) is 0 Å². The summed E-state index contributed by atoms with van der Waals surface area (Å²) >= 11 is 1.20. The minimum atomic E-state index is -0.390. The highest BCUT2D eigenvalue weighted by Gasteiger charge is 2.26. The van der Waals surface area contributed by atoms with Gasteiger partial charge < -0.3 is 0 Å². The molecule has 1 aliphatic rings. The van der Waals surface area contributed by atoms with Gasteiger partial charge in [0.1, 0.15) is 11.6 Å². The summed E-state index contributed by atoms with van der Waals surface area (Å²) in [7, 11) is 0. The Kier molecular flexibility index (Phi) is 7.15. The van der Waals surface area contributed by atoms with E-state index in [1.54, 1.807) is 13.1 Å². The fraction of sp³-hybridized carbons (Fsp3) is 0.545. The highest BCUT2D eigenvalue weighted by Crippen LogP contribution is 2.39. The minimum Gasteiger partial charge on any atom is -0.292 e. The number of aromatic nitrogens is 5. The fourth-order valence-electron chi connectivity index (χ4n) is 3.01. The van der Waals surface area contributed by atoms with Crippen molar-refractivity contribution in [1.29, 1.82) is 0 Å². The third-order valence-electron chi connectivity index (χ3n) is 4.51. The lowest BCUT2D eigenvalue weighted by Gasteiger charge is -2.13. The molecule has 3 heterocycles. The van der Waals surface area contributed by atoms with Crippen molar-refractivity contribution in [1.82, 2.24) is 24.1 Å². The molecule has 0 unspecified atom stereocenters. The van der Waals surface area contributed by atoms with Crippen LogP contribution in [-0.4, -0.2) is 30.0 Å². The van der Waals surface area contributed by atoms with Crippen LogP contribution in [0.25, 0.3) is 10.8 Å². The third-order valence-corrected chi connectivity index (χ3v) is 5.13. The number of carbonyl (C=O) groups is 1. The Morgan fingerprint density at radius 3 is 2.45 bits per heavy atom. The largest absolute Gasteiger partial charge is 0.292 e. The topological polar surface area (TPSA) is 103 Å². The molecule has 0 saturated heterocycles. The predicted molar refractivity (Wildman–Crippen MR) is 124 cm³/mol. The Labute approximate surface area is 186 Å². The SMILES string of the molecule is CC(C)C.Cc1nc(NC(=O)Cn2nc(C(C)C)c3cc(C4CC4)ncc3c2=O)ns1. The van der Waals surface area contributed by atoms with Gasteiger partial charge in [-0.2, -0.15) is 9.47 Å². The second-order valence-electron chi connectivity index (χ2n) is 8.85. The molecule has 1 aliphatic carbocycles. The number of amides is 1. The summed E-state index contributed by atoms with van der Waals surface area (Å²) in [6.07, 6.45) is 3.91. The Balaban J connectivity index is 0.000000628. The summed E-state index contributed by atoms with van der Waals surface area (Å²) in [6, 6.07) is 1.99. The maximum atomic E-state index is 12.8. The van der Waals surface area contributed by atoms with Gasteiger partial charge in [-0.3, -0.25) is 19.9 Å². The average Bonchev–Trinajstić information content (AvgIpc) is 3.45. The number of nitrogens with zero attached hydrogens (tertiary/aromatic N) is 5. The standard InChI is InChI=1S/C18H20N6O2S.C4H10/c1-9(2)16-12-6-14(11-4-5-11)19-7-13(12)17(26)24(22-16)8-15(25)21-18-20-10(3)27-23-18;1-4(2)3/h6-7,9,11H,4-5,8H2,1-3H3,(H,21,23,25);4H,1-3H3. The number of hydrogen-bond donors (Lipinski definition) is 1. The van der Waals surface area contributed by atoms with Gasteiger partial charge in [0.05, 0.1) is 11.1 Å². The summed E-state index contributed by atoms with van der Waals surface area (Å²) in [5.74, 6) is 1.30. The van der Waals surface area contributed by atoms with E-state index in [0.717, 1.165) is 40.5 Å². The summed E-state index contributed by atoms with van der Waals surface area (Å²) in [4.78, 5) is 33.7. The molecule has 3 aromatic rings. The number of nitrogens with one attached hydrogen (secondary N) is 1. The quantitative estimate of drug-likeness (QED) is 0.633. The van der Waals surface area contributed by atoms with Crippen molar-refractivity contribution >= 4 is 34.2 Å². The normalized spacial score (nSPS) is 13.4. The number of aryl methyl sites for hydroxylation is 1. The van der Waals surface area contributed by atoms with Gasteiger partial charge >= 0.3 is 0 Å². The Bertz CT molecular complexity index is 1130. The second kappa shape index (κ2) is 9.64. The van der Waals surface area contributed by atoms with Crippen LogP contribution in [0, 0.1) is 12.8 Å². The Hall–Kier alpha value is -2.68. The first-order valence-electron chi connectivity index (χ1n) is 10.7. The van der Waals surface area contributed by atoms with E-state index in [-0.39, 0.29) is 29.9 Å².